The van der Waals surface area contributed by atoms with Gasteiger partial charge >= 0.3 is 0 Å². The minimum absolute atomic E-state index is 0.663. The first-order valence-electron chi connectivity index (χ1n) is 19.8. The minimum Gasteiger partial charge on any atom is -0.496 e. The van der Waals surface area contributed by atoms with Crippen molar-refractivity contribution in [3.8, 4) is 22.6 Å². The summed E-state index contributed by atoms with van der Waals surface area (Å²) in [6.07, 6.45) is 4.18. The van der Waals surface area contributed by atoms with Crippen LogP contribution in [0.1, 0.15) is 84.0 Å². The third-order valence-corrected chi connectivity index (χ3v) is 11.7. The number of hydrogen-bond donors (Lipinski definition) is 2. The number of nitrogens with zero attached hydrogens (tertiary/aromatic N) is 1. The predicted octanol–water partition coefficient (Wildman–Crippen LogP) is 10.4. The van der Waals surface area contributed by atoms with Gasteiger partial charge < -0.3 is 24.2 Å². The number of aliphatic hydroxyl groups is 2. The smallest absolute Gasteiger partial charge is 0.141 e. The van der Waals surface area contributed by atoms with E-state index in [0.29, 0.717) is 24.6 Å². The van der Waals surface area contributed by atoms with Gasteiger partial charge in [-0.3, -0.25) is 0 Å². The van der Waals surface area contributed by atoms with Crippen molar-refractivity contribution in [3.05, 3.63) is 190 Å². The lowest BCUT2D eigenvalue weighted by atomic mass is 9.74. The lowest BCUT2D eigenvalue weighted by molar-refractivity contribution is -0.953. The largest absolute Gasteiger partial charge is 0.496 e. The fourth-order valence-electron chi connectivity index (χ4n) is 8.96. The van der Waals surface area contributed by atoms with Crippen LogP contribution in [0.3, 0.4) is 0 Å². The molecule has 0 bridgehead atoms. The van der Waals surface area contributed by atoms with Crippen molar-refractivity contribution in [2.45, 2.75) is 63.8 Å². The van der Waals surface area contributed by atoms with Gasteiger partial charge in [0.2, 0.25) is 0 Å². The molecular formula is C50H54NO4+. The number of fused-ring (bicyclic) bond motifs is 3. The second-order valence-corrected chi connectivity index (χ2v) is 15.0. The number of rotatable bonds is 14. The molecule has 0 radical (unpaired) electrons. The average molecular weight is 733 g/mol. The molecule has 7 rings (SSSR count). The van der Waals surface area contributed by atoms with E-state index < -0.39 is 11.2 Å². The minimum atomic E-state index is -1.48. The normalized spacial score (nSPS) is 13.7. The molecule has 1 heterocycles. The Morgan fingerprint density at radius 3 is 1.05 bits per heavy atom. The van der Waals surface area contributed by atoms with Gasteiger partial charge in [0.25, 0.3) is 0 Å². The maximum absolute atomic E-state index is 13.5. The summed E-state index contributed by atoms with van der Waals surface area (Å²) in [4.78, 5) is 0. The summed E-state index contributed by atoms with van der Waals surface area (Å²) in [5, 5.41) is 27.0. The van der Waals surface area contributed by atoms with Crippen LogP contribution in [0.4, 0.5) is 0 Å². The van der Waals surface area contributed by atoms with Gasteiger partial charge in [-0.15, -0.1) is 0 Å². The lowest BCUT2D eigenvalue weighted by Gasteiger charge is -2.41. The molecule has 0 fully saturated rings. The van der Waals surface area contributed by atoms with Crippen LogP contribution in [0.15, 0.2) is 146 Å². The molecule has 6 aromatic rings. The van der Waals surface area contributed by atoms with Gasteiger partial charge in [-0.1, -0.05) is 160 Å². The Morgan fingerprint density at radius 2 is 0.782 bits per heavy atom. The monoisotopic (exact) mass is 732 g/mol. The van der Waals surface area contributed by atoms with Crippen molar-refractivity contribution < 1.29 is 24.2 Å². The third-order valence-electron chi connectivity index (χ3n) is 11.7. The molecular weight excluding hydrogens is 679 g/mol. The highest BCUT2D eigenvalue weighted by Gasteiger charge is 2.46. The summed E-state index contributed by atoms with van der Waals surface area (Å²) >= 11 is 0. The van der Waals surface area contributed by atoms with Gasteiger partial charge in [-0.2, -0.15) is 0 Å². The molecule has 2 N–H and O–H groups in total. The molecule has 1 aliphatic heterocycles. The van der Waals surface area contributed by atoms with Crippen molar-refractivity contribution in [1.29, 1.82) is 0 Å². The second kappa shape index (κ2) is 16.3. The van der Waals surface area contributed by atoms with Crippen LogP contribution in [-0.2, 0) is 24.3 Å². The zero-order valence-corrected chi connectivity index (χ0v) is 32.7. The van der Waals surface area contributed by atoms with E-state index in [2.05, 4.69) is 26.0 Å². The fraction of sp³-hybridized carbons (Fsp3) is 0.280. The van der Waals surface area contributed by atoms with Crippen LogP contribution >= 0.6 is 0 Å². The number of benzene rings is 6. The molecule has 0 unspecified atom stereocenters. The Kier molecular flexibility index (Phi) is 11.3. The Hall–Kier alpha value is -5.20. The van der Waals surface area contributed by atoms with Crippen molar-refractivity contribution in [3.63, 3.8) is 0 Å². The van der Waals surface area contributed by atoms with E-state index in [9.17, 15) is 10.2 Å². The zero-order chi connectivity index (χ0) is 38.5. The molecule has 0 aromatic heterocycles. The average Bonchev–Trinajstić information content (AvgIpc) is 3.40. The Labute approximate surface area is 327 Å². The van der Waals surface area contributed by atoms with Crippen LogP contribution in [-0.4, -0.2) is 42.0 Å². The third kappa shape index (κ3) is 6.86. The van der Waals surface area contributed by atoms with Crippen molar-refractivity contribution in [2.75, 3.05) is 27.3 Å². The molecule has 5 heteroatoms. The molecule has 1 aliphatic rings. The predicted molar refractivity (Wildman–Crippen MR) is 222 cm³/mol. The maximum atomic E-state index is 13.5. The van der Waals surface area contributed by atoms with E-state index in [4.69, 9.17) is 9.47 Å². The van der Waals surface area contributed by atoms with Crippen molar-refractivity contribution >= 4 is 0 Å². The lowest BCUT2D eigenvalue weighted by Crippen LogP contribution is -2.48. The molecule has 0 amide bonds. The topological polar surface area (TPSA) is 58.9 Å². The number of ether oxygens (including phenoxy) is 2. The Bertz CT molecular complexity index is 1950. The number of unbranched alkanes of at least 4 members (excludes halogenated alkanes) is 2. The molecule has 55 heavy (non-hydrogen) atoms. The van der Waals surface area contributed by atoms with Gasteiger partial charge in [0.1, 0.15) is 35.8 Å². The van der Waals surface area contributed by atoms with E-state index >= 15 is 0 Å². The first-order valence-corrected chi connectivity index (χ1v) is 19.8. The van der Waals surface area contributed by atoms with Crippen molar-refractivity contribution in [2.24, 2.45) is 0 Å². The highest BCUT2D eigenvalue weighted by atomic mass is 16.5. The van der Waals surface area contributed by atoms with Gasteiger partial charge in [0, 0.05) is 33.4 Å². The van der Waals surface area contributed by atoms with E-state index in [-0.39, 0.29) is 0 Å². The zero-order valence-electron chi connectivity index (χ0n) is 32.7. The molecule has 0 aliphatic carbocycles. The second-order valence-electron chi connectivity index (χ2n) is 15.0. The van der Waals surface area contributed by atoms with Crippen LogP contribution in [0, 0.1) is 0 Å². The maximum Gasteiger partial charge on any atom is 0.141 e. The van der Waals surface area contributed by atoms with E-state index in [1.54, 1.807) is 14.2 Å². The first kappa shape index (κ1) is 38.1. The first-order chi connectivity index (χ1) is 26.8. The fourth-order valence-corrected chi connectivity index (χ4v) is 8.96. The van der Waals surface area contributed by atoms with Gasteiger partial charge in [0.15, 0.2) is 0 Å². The van der Waals surface area contributed by atoms with E-state index in [1.165, 1.54) is 0 Å². The summed E-state index contributed by atoms with van der Waals surface area (Å²) < 4.78 is 13.4. The van der Waals surface area contributed by atoms with Gasteiger partial charge in [0.05, 0.1) is 27.3 Å². The molecule has 5 nitrogen and oxygen atoms in total. The quantitative estimate of drug-likeness (QED) is 0.0865. The SMILES string of the molecule is CCCC[N+]1(CCCC)Cc2c(C(O)(c3ccccc3)c3ccccc3)ccc(OC)c2-c2c(OC)ccc(C(O)(c3ccccc3)c3ccccc3)c2C1. The number of methoxy groups -OCH3 is 2. The van der Waals surface area contributed by atoms with Crippen LogP contribution in [0.5, 0.6) is 11.5 Å². The van der Waals surface area contributed by atoms with E-state index in [0.717, 1.165) is 98.9 Å². The van der Waals surface area contributed by atoms with E-state index in [1.807, 2.05) is 133 Å². The van der Waals surface area contributed by atoms with Crippen LogP contribution in [0.25, 0.3) is 11.1 Å². The van der Waals surface area contributed by atoms with Crippen LogP contribution < -0.4 is 9.47 Å². The summed E-state index contributed by atoms with van der Waals surface area (Å²) in [5.74, 6) is 1.40. The molecule has 0 spiro atoms. The molecule has 0 saturated carbocycles. The summed E-state index contributed by atoms with van der Waals surface area (Å²) in [7, 11) is 3.44. The summed E-state index contributed by atoms with van der Waals surface area (Å²) in [5.41, 5.74) is 5.70. The van der Waals surface area contributed by atoms with Gasteiger partial charge in [-0.25, -0.2) is 0 Å². The summed E-state index contributed by atoms with van der Waals surface area (Å²) in [6, 6.07) is 48.2. The number of quaternary nitrogens is 1. The molecule has 6 aromatic carbocycles. The number of hydrogen-bond acceptors (Lipinski definition) is 4. The molecule has 282 valence electrons. The molecule has 0 atom stereocenters. The Morgan fingerprint density at radius 1 is 0.473 bits per heavy atom. The van der Waals surface area contributed by atoms with Crippen molar-refractivity contribution in [1.82, 2.24) is 0 Å². The Balaban J connectivity index is 1.65. The van der Waals surface area contributed by atoms with Crippen LogP contribution in [0.2, 0.25) is 0 Å². The summed E-state index contributed by atoms with van der Waals surface area (Å²) in [6.45, 7) is 7.71. The molecule has 0 saturated heterocycles. The standard InChI is InChI=1S/C50H54NO4/c1-5-7-33-51(34-8-6-2)35-41-43(49(52,37-21-13-9-14-22-37)38-23-15-10-16-24-38)29-31-45(54-3)47(41)48-42(36-51)44(30-32-46(48)55-4)50(53,39-25-17-11-18-26-39)40-27-19-12-20-28-40/h9-32,52-53H,5-8,33-36H2,1-4H3/q+1. The highest BCUT2D eigenvalue weighted by molar-refractivity contribution is 5.85. The highest BCUT2D eigenvalue weighted by Crippen LogP contribution is 2.53. The van der Waals surface area contributed by atoms with Gasteiger partial charge in [-0.05, 0) is 47.2 Å².